The van der Waals surface area contributed by atoms with E-state index >= 15 is 0 Å². The maximum Gasteiger partial charge on any atom is 0.252 e. The molecule has 0 bridgehead atoms. The molecule has 0 aromatic carbocycles. The first-order valence-corrected chi connectivity index (χ1v) is 10.6. The molecule has 2 unspecified atom stereocenters. The summed E-state index contributed by atoms with van der Waals surface area (Å²) < 4.78 is 27.6. The van der Waals surface area contributed by atoms with Crippen LogP contribution in [0.3, 0.4) is 0 Å². The number of nitrogens with zero attached hydrogens (tertiary/aromatic N) is 1. The number of hydrogen-bond donors (Lipinski definition) is 1. The van der Waals surface area contributed by atoms with E-state index in [9.17, 15) is 8.42 Å². The van der Waals surface area contributed by atoms with Gasteiger partial charge in [0.1, 0.15) is 4.21 Å². The Morgan fingerprint density at radius 1 is 1.24 bits per heavy atom. The van der Waals surface area contributed by atoms with Crippen molar-refractivity contribution in [3.63, 3.8) is 0 Å². The Morgan fingerprint density at radius 2 is 1.90 bits per heavy atom. The summed E-state index contributed by atoms with van der Waals surface area (Å²) in [5, 5.41) is 4.15. The largest absolute Gasteiger partial charge is 0.309 e. The molecule has 2 atom stereocenters. The van der Waals surface area contributed by atoms with Gasteiger partial charge in [-0.05, 0) is 25.0 Å². The number of rotatable bonds is 5. The highest BCUT2D eigenvalue weighted by molar-refractivity contribution is 8.00. The maximum absolute atomic E-state index is 12.7. The van der Waals surface area contributed by atoms with Crippen LogP contribution in [0.2, 0.25) is 0 Å². The zero-order chi connectivity index (χ0) is 15.0. The molecule has 4 nitrogen and oxygen atoms in total. The summed E-state index contributed by atoms with van der Waals surface area (Å²) in [4.78, 5) is 1.10. The Kier molecular flexibility index (Phi) is 4.66. The number of thiophene rings is 1. The van der Waals surface area contributed by atoms with Crippen molar-refractivity contribution in [1.29, 1.82) is 0 Å². The molecule has 1 N–H and O–H groups in total. The van der Waals surface area contributed by atoms with Gasteiger partial charge in [0.25, 0.3) is 10.0 Å². The lowest BCUT2D eigenvalue weighted by atomic mass is 10.4. The highest BCUT2D eigenvalue weighted by Crippen LogP contribution is 2.31. The molecule has 0 radical (unpaired) electrons. The van der Waals surface area contributed by atoms with Gasteiger partial charge in [-0.1, -0.05) is 13.8 Å². The molecule has 7 heteroatoms. The highest BCUT2D eigenvalue weighted by Gasteiger charge is 2.33. The molecule has 3 rings (SSSR count). The first kappa shape index (κ1) is 15.8. The lowest BCUT2D eigenvalue weighted by Gasteiger charge is -2.33. The first-order valence-electron chi connectivity index (χ1n) is 7.43. The van der Waals surface area contributed by atoms with Crippen molar-refractivity contribution >= 4 is 33.1 Å². The zero-order valence-electron chi connectivity index (χ0n) is 12.4. The van der Waals surface area contributed by atoms with E-state index in [1.807, 2.05) is 17.8 Å². The predicted molar refractivity (Wildman–Crippen MR) is 89.5 cm³/mol. The molecule has 2 aliphatic rings. The molecule has 1 aromatic rings. The Balaban J connectivity index is 1.71. The summed E-state index contributed by atoms with van der Waals surface area (Å²) >= 11 is 3.27. The molecule has 0 spiro atoms. The highest BCUT2D eigenvalue weighted by atomic mass is 32.2. The van der Waals surface area contributed by atoms with Gasteiger partial charge in [0.05, 0.1) is 0 Å². The van der Waals surface area contributed by atoms with Gasteiger partial charge in [-0.15, -0.1) is 11.3 Å². The number of nitrogens with one attached hydrogen (secondary N) is 1. The number of thioether (sulfide) groups is 1. The Morgan fingerprint density at radius 3 is 2.52 bits per heavy atom. The van der Waals surface area contributed by atoms with E-state index in [1.54, 1.807) is 10.4 Å². The Labute approximate surface area is 135 Å². The van der Waals surface area contributed by atoms with Crippen molar-refractivity contribution in [3.05, 3.63) is 17.0 Å². The van der Waals surface area contributed by atoms with Crippen molar-refractivity contribution in [3.8, 4) is 0 Å². The first-order chi connectivity index (χ1) is 9.95. The minimum absolute atomic E-state index is 0.361. The van der Waals surface area contributed by atoms with E-state index in [2.05, 4.69) is 19.2 Å². The third-order valence-corrected chi connectivity index (χ3v) is 8.37. The summed E-state index contributed by atoms with van der Waals surface area (Å²) in [6, 6.07) is 4.35. The van der Waals surface area contributed by atoms with Crippen molar-refractivity contribution < 1.29 is 8.42 Å². The molecule has 0 amide bonds. The molecule has 1 aliphatic carbocycles. The van der Waals surface area contributed by atoms with Crippen LogP contribution in [0.15, 0.2) is 16.3 Å². The Hall–Kier alpha value is -0.0800. The van der Waals surface area contributed by atoms with E-state index in [1.165, 1.54) is 24.2 Å². The van der Waals surface area contributed by atoms with Crippen LogP contribution in [0, 0.1) is 0 Å². The van der Waals surface area contributed by atoms with Crippen LogP contribution in [0.1, 0.15) is 31.6 Å². The van der Waals surface area contributed by atoms with E-state index in [0.29, 0.717) is 33.8 Å². The van der Waals surface area contributed by atoms with E-state index in [4.69, 9.17) is 0 Å². The normalized spacial score (nSPS) is 27.9. The predicted octanol–water partition coefficient (Wildman–Crippen LogP) is 2.51. The molecule has 1 aliphatic heterocycles. The number of hydrogen-bond acceptors (Lipinski definition) is 5. The van der Waals surface area contributed by atoms with Gasteiger partial charge in [0, 0.05) is 41.1 Å². The monoisotopic (exact) mass is 346 g/mol. The fourth-order valence-electron chi connectivity index (χ4n) is 2.58. The van der Waals surface area contributed by atoms with Crippen molar-refractivity contribution in [2.24, 2.45) is 0 Å². The summed E-state index contributed by atoms with van der Waals surface area (Å²) in [5.74, 6) is 0. The molecular formula is C14H22N2O2S3. The SMILES string of the molecule is CC1CN(S(=O)(=O)c2ccc(CNC3CC3)s2)CC(C)S1. The van der Waals surface area contributed by atoms with Gasteiger partial charge in [0.2, 0.25) is 0 Å². The minimum Gasteiger partial charge on any atom is -0.309 e. The van der Waals surface area contributed by atoms with Crippen LogP contribution in [0.4, 0.5) is 0 Å². The number of sulfonamides is 1. The topological polar surface area (TPSA) is 49.4 Å². The summed E-state index contributed by atoms with van der Waals surface area (Å²) in [5.41, 5.74) is 0. The smallest absolute Gasteiger partial charge is 0.252 e. The van der Waals surface area contributed by atoms with E-state index in [0.717, 1.165) is 11.4 Å². The van der Waals surface area contributed by atoms with Gasteiger partial charge >= 0.3 is 0 Å². The molecule has 118 valence electrons. The fourth-order valence-corrected chi connectivity index (χ4v) is 7.17. The second-order valence-corrected chi connectivity index (χ2v) is 11.2. The average molecular weight is 347 g/mol. The van der Waals surface area contributed by atoms with Gasteiger partial charge in [-0.3, -0.25) is 0 Å². The molecule has 1 saturated carbocycles. The maximum atomic E-state index is 12.7. The van der Waals surface area contributed by atoms with E-state index in [-0.39, 0.29) is 0 Å². The van der Waals surface area contributed by atoms with Crippen molar-refractivity contribution in [1.82, 2.24) is 9.62 Å². The standard InChI is InChI=1S/C14H22N2O2S3/c1-10-8-16(9-11(2)19-10)21(17,18)14-6-5-13(20-14)7-15-12-3-4-12/h5-6,10-12,15H,3-4,7-9H2,1-2H3. The molecule has 2 fully saturated rings. The summed E-state index contributed by atoms with van der Waals surface area (Å²) in [6.07, 6.45) is 2.50. The molecule has 21 heavy (non-hydrogen) atoms. The van der Waals surface area contributed by atoms with E-state index < -0.39 is 10.0 Å². The van der Waals surface area contributed by atoms with Gasteiger partial charge in [0.15, 0.2) is 0 Å². The average Bonchev–Trinajstić information content (AvgIpc) is 3.11. The fraction of sp³-hybridized carbons (Fsp3) is 0.714. The van der Waals surface area contributed by atoms with Gasteiger partial charge < -0.3 is 5.32 Å². The summed E-state index contributed by atoms with van der Waals surface area (Å²) in [7, 11) is -3.32. The van der Waals surface area contributed by atoms with Crippen LogP contribution in [0.5, 0.6) is 0 Å². The molecular weight excluding hydrogens is 324 g/mol. The second-order valence-electron chi connectivity index (χ2n) is 5.96. The van der Waals surface area contributed by atoms with Gasteiger partial charge in [-0.25, -0.2) is 8.42 Å². The third-order valence-electron chi connectivity index (χ3n) is 3.76. The molecule has 2 heterocycles. The third kappa shape index (κ3) is 3.82. The lowest BCUT2D eigenvalue weighted by Crippen LogP contribution is -2.43. The van der Waals surface area contributed by atoms with Crippen molar-refractivity contribution in [2.45, 2.75) is 54.0 Å². The summed E-state index contributed by atoms with van der Waals surface area (Å²) in [6.45, 7) is 6.22. The molecule has 1 aromatic heterocycles. The van der Waals surface area contributed by atoms with Crippen LogP contribution in [-0.4, -0.2) is 42.4 Å². The Bertz CT molecular complexity index is 585. The van der Waals surface area contributed by atoms with Crippen LogP contribution < -0.4 is 5.32 Å². The van der Waals surface area contributed by atoms with Crippen LogP contribution in [0.25, 0.3) is 0 Å². The quantitative estimate of drug-likeness (QED) is 0.890. The second kappa shape index (κ2) is 6.20. The van der Waals surface area contributed by atoms with Gasteiger partial charge in [-0.2, -0.15) is 16.1 Å². The molecule has 1 saturated heterocycles. The minimum atomic E-state index is -3.32. The van der Waals surface area contributed by atoms with Crippen LogP contribution >= 0.6 is 23.1 Å². The lowest BCUT2D eigenvalue weighted by molar-refractivity contribution is 0.406. The van der Waals surface area contributed by atoms with Crippen molar-refractivity contribution in [2.75, 3.05) is 13.1 Å². The zero-order valence-corrected chi connectivity index (χ0v) is 14.9. The van der Waals surface area contributed by atoms with Crippen LogP contribution in [-0.2, 0) is 16.6 Å².